The van der Waals surface area contributed by atoms with Crippen molar-refractivity contribution in [3.8, 4) is 11.3 Å². The molecular formula is C31H33FN6O2S. The van der Waals surface area contributed by atoms with E-state index in [0.717, 1.165) is 43.6 Å². The van der Waals surface area contributed by atoms with E-state index in [-0.39, 0.29) is 29.1 Å². The zero-order valence-corrected chi connectivity index (χ0v) is 24.1. The summed E-state index contributed by atoms with van der Waals surface area (Å²) in [7, 11) is 0. The smallest absolute Gasteiger partial charge is 0.273 e. The predicted octanol–water partition coefficient (Wildman–Crippen LogP) is 5.33. The van der Waals surface area contributed by atoms with Crippen LogP contribution in [-0.4, -0.2) is 50.9 Å². The van der Waals surface area contributed by atoms with E-state index in [1.807, 2.05) is 24.0 Å². The Balaban J connectivity index is 1.19. The van der Waals surface area contributed by atoms with Crippen LogP contribution in [0.15, 0.2) is 41.8 Å². The van der Waals surface area contributed by atoms with Gasteiger partial charge in [-0.3, -0.25) is 9.59 Å². The number of hydrogen-bond acceptors (Lipinski definition) is 6. The van der Waals surface area contributed by atoms with Crippen LogP contribution in [0.25, 0.3) is 16.9 Å². The molecule has 8 nitrogen and oxygen atoms in total. The second-order valence-electron chi connectivity index (χ2n) is 12.2. The normalized spacial score (nSPS) is 22.4. The van der Waals surface area contributed by atoms with Gasteiger partial charge in [-0.1, -0.05) is 6.92 Å². The van der Waals surface area contributed by atoms with Crippen LogP contribution in [0.1, 0.15) is 78.1 Å². The van der Waals surface area contributed by atoms with Crippen molar-refractivity contribution in [3.63, 3.8) is 0 Å². The van der Waals surface area contributed by atoms with Gasteiger partial charge in [0.2, 0.25) is 5.91 Å². The number of carbonyl (C=O) groups is 2. The van der Waals surface area contributed by atoms with Gasteiger partial charge in [-0.15, -0.1) is 11.3 Å². The molecule has 10 heteroatoms. The highest BCUT2D eigenvalue weighted by Gasteiger charge is 2.36. The molecule has 0 radical (unpaired) electrons. The number of thiophene rings is 1. The van der Waals surface area contributed by atoms with Crippen LogP contribution < -0.4 is 10.6 Å². The summed E-state index contributed by atoms with van der Waals surface area (Å²) in [6, 6.07) is 11.0. The van der Waals surface area contributed by atoms with Crippen LogP contribution in [0.5, 0.6) is 0 Å². The van der Waals surface area contributed by atoms with Gasteiger partial charge in [-0.05, 0) is 79.3 Å². The van der Waals surface area contributed by atoms with E-state index >= 15 is 4.39 Å². The lowest BCUT2D eigenvalue weighted by Gasteiger charge is -2.33. The fourth-order valence-electron chi connectivity index (χ4n) is 6.56. The van der Waals surface area contributed by atoms with E-state index in [4.69, 9.17) is 15.8 Å². The van der Waals surface area contributed by atoms with Crippen LogP contribution in [-0.2, 0) is 11.2 Å². The van der Waals surface area contributed by atoms with Gasteiger partial charge in [-0.2, -0.15) is 5.10 Å². The molecule has 1 aromatic carbocycles. The monoisotopic (exact) mass is 572 g/mol. The molecule has 3 aromatic heterocycles. The van der Waals surface area contributed by atoms with E-state index in [1.165, 1.54) is 16.5 Å². The molecule has 0 bridgehead atoms. The lowest BCUT2D eigenvalue weighted by atomic mass is 9.86. The molecule has 7 rings (SSSR count). The first kappa shape index (κ1) is 26.1. The second kappa shape index (κ2) is 9.65. The molecule has 212 valence electrons. The Morgan fingerprint density at radius 2 is 2.00 bits per heavy atom. The van der Waals surface area contributed by atoms with Gasteiger partial charge in [0.1, 0.15) is 11.5 Å². The molecule has 5 heterocycles. The summed E-state index contributed by atoms with van der Waals surface area (Å²) in [5, 5.41) is 6.86. The molecule has 2 aliphatic heterocycles. The molecule has 4 aromatic rings. The summed E-state index contributed by atoms with van der Waals surface area (Å²) in [6.07, 6.45) is 4.07. The van der Waals surface area contributed by atoms with Crippen LogP contribution in [0.3, 0.4) is 0 Å². The number of amides is 2. The maximum atomic E-state index is 15.5. The fraction of sp³-hybridized carbons (Fsp3) is 0.419. The lowest BCUT2D eigenvalue weighted by molar-refractivity contribution is -0.119. The van der Waals surface area contributed by atoms with Crippen molar-refractivity contribution in [3.05, 3.63) is 69.4 Å². The summed E-state index contributed by atoms with van der Waals surface area (Å²) < 4.78 is 17.3. The number of rotatable bonds is 6. The van der Waals surface area contributed by atoms with Crippen LogP contribution in [0.2, 0.25) is 0 Å². The largest absolute Gasteiger partial charge is 0.371 e. The Kier molecular flexibility index (Phi) is 6.15. The minimum atomic E-state index is -0.368. The molecule has 3 aliphatic rings. The standard InChI is InChI=1S/C31H33FN6O2S/c1-18-21-8-12-41-27(21)7-10-37(18)30(40)25-14-26(19-3-4-19)38-29(34-25)15-24(35-38)22-6-5-20(13-23(22)32)36-11-9-31(2,17-36)16-28(33)39/h5-6,8,12-15,18-19H,3-4,7,9-11,16-17H2,1-2H3,(H2,33,39)/t18-,31+/m1/s1. The Bertz CT molecular complexity index is 1690. The van der Waals surface area contributed by atoms with Crippen molar-refractivity contribution in [1.82, 2.24) is 19.5 Å². The number of nitrogens with two attached hydrogens (primary N) is 1. The molecule has 0 spiro atoms. The van der Waals surface area contributed by atoms with Crippen molar-refractivity contribution in [2.75, 3.05) is 24.5 Å². The third-order valence-electron chi connectivity index (χ3n) is 8.96. The third-order valence-corrected chi connectivity index (χ3v) is 9.96. The Morgan fingerprint density at radius 3 is 2.76 bits per heavy atom. The average molecular weight is 573 g/mol. The van der Waals surface area contributed by atoms with E-state index in [2.05, 4.69) is 23.3 Å². The van der Waals surface area contributed by atoms with Crippen molar-refractivity contribution in [2.45, 2.75) is 57.9 Å². The number of halogens is 1. The van der Waals surface area contributed by atoms with Gasteiger partial charge >= 0.3 is 0 Å². The van der Waals surface area contributed by atoms with Crippen molar-refractivity contribution >= 4 is 34.5 Å². The Morgan fingerprint density at radius 1 is 1.17 bits per heavy atom. The van der Waals surface area contributed by atoms with Crippen molar-refractivity contribution in [2.24, 2.45) is 11.1 Å². The molecule has 1 saturated heterocycles. The van der Waals surface area contributed by atoms with Gasteiger partial charge in [-0.25, -0.2) is 13.9 Å². The maximum absolute atomic E-state index is 15.5. The van der Waals surface area contributed by atoms with E-state index in [9.17, 15) is 9.59 Å². The van der Waals surface area contributed by atoms with Gasteiger partial charge in [0.15, 0.2) is 5.65 Å². The molecule has 2 atom stereocenters. The van der Waals surface area contributed by atoms with Crippen LogP contribution >= 0.6 is 11.3 Å². The highest BCUT2D eigenvalue weighted by Crippen LogP contribution is 2.42. The molecule has 1 aliphatic carbocycles. The second-order valence-corrected chi connectivity index (χ2v) is 13.2. The van der Waals surface area contributed by atoms with Gasteiger partial charge in [0.25, 0.3) is 5.91 Å². The maximum Gasteiger partial charge on any atom is 0.273 e. The number of nitrogens with zero attached hydrogens (tertiary/aromatic N) is 5. The minimum absolute atomic E-state index is 0.00254. The molecule has 2 fully saturated rings. The number of primary amides is 1. The number of hydrogen-bond donors (Lipinski definition) is 1. The Hall–Kier alpha value is -3.79. The fourth-order valence-corrected chi connectivity index (χ4v) is 7.52. The average Bonchev–Trinajstić information content (AvgIpc) is 3.31. The number of benzene rings is 1. The topological polar surface area (TPSA) is 96.8 Å². The summed E-state index contributed by atoms with van der Waals surface area (Å²) >= 11 is 1.75. The number of carbonyl (C=O) groups excluding carboxylic acids is 2. The molecule has 0 unspecified atom stereocenters. The summed E-state index contributed by atoms with van der Waals surface area (Å²) in [5.41, 5.74) is 10.0. The first-order valence-corrected chi connectivity index (χ1v) is 15.2. The van der Waals surface area contributed by atoms with Crippen molar-refractivity contribution < 1.29 is 14.0 Å². The SMILES string of the molecule is C[C@@H]1c2ccsc2CCN1C(=O)c1cc(C2CC2)n2nc(-c3ccc(N4CC[C@@](C)(CC(N)=O)C4)cc3F)cc2n1. The van der Waals surface area contributed by atoms with Gasteiger partial charge in [0, 0.05) is 59.9 Å². The molecular weight excluding hydrogens is 539 g/mol. The third kappa shape index (κ3) is 4.67. The van der Waals surface area contributed by atoms with Gasteiger partial charge in [0.05, 0.1) is 11.7 Å². The van der Waals surface area contributed by atoms with Gasteiger partial charge < -0.3 is 15.5 Å². The van der Waals surface area contributed by atoms with E-state index < -0.39 is 0 Å². The lowest BCUT2D eigenvalue weighted by Crippen LogP contribution is -2.38. The molecule has 41 heavy (non-hydrogen) atoms. The number of aromatic nitrogens is 3. The quantitative estimate of drug-likeness (QED) is 0.337. The van der Waals surface area contributed by atoms with Crippen LogP contribution in [0.4, 0.5) is 10.1 Å². The van der Waals surface area contributed by atoms with E-state index in [1.54, 1.807) is 28.0 Å². The number of fused-ring (bicyclic) bond motifs is 2. The highest BCUT2D eigenvalue weighted by molar-refractivity contribution is 7.10. The van der Waals surface area contributed by atoms with E-state index in [0.29, 0.717) is 48.0 Å². The zero-order chi connectivity index (χ0) is 28.5. The van der Waals surface area contributed by atoms with Crippen molar-refractivity contribution in [1.29, 1.82) is 0 Å². The summed E-state index contributed by atoms with van der Waals surface area (Å²) in [6.45, 7) is 6.18. The molecule has 1 saturated carbocycles. The number of anilines is 1. The molecule has 2 N–H and O–H groups in total. The minimum Gasteiger partial charge on any atom is -0.371 e. The highest BCUT2D eigenvalue weighted by atomic mass is 32.1. The summed E-state index contributed by atoms with van der Waals surface area (Å²) in [4.78, 5) is 35.3. The summed E-state index contributed by atoms with van der Waals surface area (Å²) in [5.74, 6) is -0.439. The molecule has 2 amide bonds. The predicted molar refractivity (Wildman–Crippen MR) is 157 cm³/mol. The van der Waals surface area contributed by atoms with Crippen LogP contribution in [0, 0.1) is 11.2 Å². The zero-order valence-electron chi connectivity index (χ0n) is 23.3. The Labute approximate surface area is 242 Å². The first-order valence-electron chi connectivity index (χ1n) is 14.3. The first-order chi connectivity index (χ1) is 19.7.